The van der Waals surface area contributed by atoms with Crippen molar-refractivity contribution in [3.63, 3.8) is 0 Å². The molecule has 0 spiro atoms. The van der Waals surface area contributed by atoms with Gasteiger partial charge in [-0.15, -0.1) is 0 Å². The summed E-state index contributed by atoms with van der Waals surface area (Å²) in [5.74, 6) is -1.84. The molecule has 11 heteroatoms. The van der Waals surface area contributed by atoms with Crippen LogP contribution in [0.1, 0.15) is 111 Å². The summed E-state index contributed by atoms with van der Waals surface area (Å²) in [6.45, 7) is 11.1. The number of aryl methyl sites for hydroxylation is 2. The third kappa shape index (κ3) is 6.54. The first-order valence-corrected chi connectivity index (χ1v) is 14.7. The van der Waals surface area contributed by atoms with Crippen LogP contribution in [0.3, 0.4) is 0 Å². The zero-order valence-electron chi connectivity index (χ0n) is 26.2. The van der Waals surface area contributed by atoms with E-state index in [1.165, 1.54) is 0 Å². The van der Waals surface area contributed by atoms with Crippen LogP contribution >= 0.6 is 0 Å². The number of aliphatic hydroxyl groups excluding tert-OH is 2. The number of carbonyl (C=O) groups is 2. The van der Waals surface area contributed by atoms with E-state index in [1.54, 1.807) is 13.8 Å². The fourth-order valence-electron chi connectivity index (χ4n) is 6.32. The molecule has 2 aliphatic heterocycles. The van der Waals surface area contributed by atoms with Crippen molar-refractivity contribution < 1.29 is 30.0 Å². The zero-order valence-corrected chi connectivity index (χ0v) is 28.1. The first kappa shape index (κ1) is 33.9. The number of carboxylic acid groups (broad SMARTS) is 2. The van der Waals surface area contributed by atoms with Gasteiger partial charge in [-0.2, -0.15) is 0 Å². The summed E-state index contributed by atoms with van der Waals surface area (Å²) < 4.78 is 0. The SMILES string of the molecule is CC1=C(CCC(=O)O)c2cc3nc(cc4[nH]c(cc5[nH]c(cc1n2)c(C)c5C(C)O)c(C)c4C(C)O)C(C)=C3CCC(=O)O.[As]. The minimum atomic E-state index is -0.921. The Morgan fingerprint density at radius 2 is 1.02 bits per heavy atom. The van der Waals surface area contributed by atoms with Crippen LogP contribution in [0.25, 0.3) is 44.4 Å². The van der Waals surface area contributed by atoms with Gasteiger partial charge in [0.2, 0.25) is 0 Å². The number of nitrogens with zero attached hydrogens (tertiary/aromatic N) is 2. The maximum absolute atomic E-state index is 11.6. The van der Waals surface area contributed by atoms with E-state index in [0.29, 0.717) is 39.4 Å². The van der Waals surface area contributed by atoms with Crippen molar-refractivity contribution in [1.29, 1.82) is 0 Å². The van der Waals surface area contributed by atoms with Crippen LogP contribution in [0, 0.1) is 13.8 Å². The zero-order chi connectivity index (χ0) is 32.0. The number of H-pyrrole nitrogens is 2. The summed E-state index contributed by atoms with van der Waals surface area (Å²) in [5.41, 5.74) is 11.7. The second kappa shape index (κ2) is 13.2. The quantitative estimate of drug-likeness (QED) is 0.152. The van der Waals surface area contributed by atoms with E-state index in [0.717, 1.165) is 50.0 Å². The fourth-order valence-corrected chi connectivity index (χ4v) is 6.32. The number of aliphatic carboxylic acids is 2. The van der Waals surface area contributed by atoms with Crippen molar-refractivity contribution in [1.82, 2.24) is 19.9 Å². The van der Waals surface area contributed by atoms with Gasteiger partial charge < -0.3 is 30.4 Å². The molecule has 10 nitrogen and oxygen atoms in total. The number of allylic oxidation sites excluding steroid dienone is 4. The summed E-state index contributed by atoms with van der Waals surface area (Å²) >= 11 is 0. The molecule has 5 heterocycles. The molecule has 3 radical (unpaired) electrons. The van der Waals surface area contributed by atoms with Gasteiger partial charge >= 0.3 is 11.9 Å². The summed E-state index contributed by atoms with van der Waals surface area (Å²) in [7, 11) is 0. The average Bonchev–Trinajstić information content (AvgIpc) is 3.59. The molecule has 0 aliphatic carbocycles. The standard InChI is InChI=1S/C34H38N4O6.As/c1-15-21(7-9-31(41)42)27-14-28-22(8-10-32(43)44)16(2)24(36-28)12-29-34(20(6)40)18(4)26(38-29)13-30-33(19(5)39)17(3)25(37-30)11-23(15)35-27;/h11-14,19-20,37-40H,7-10H2,1-6H3,(H,41,42)(H,43,44);. The normalized spacial score (nSPS) is 14.4. The molecule has 3 aromatic rings. The largest absolute Gasteiger partial charge is 0.481 e. The number of hydrogen-bond acceptors (Lipinski definition) is 6. The van der Waals surface area contributed by atoms with E-state index in [2.05, 4.69) is 9.97 Å². The van der Waals surface area contributed by atoms with E-state index in [1.807, 2.05) is 52.0 Å². The van der Waals surface area contributed by atoms with Crippen LogP contribution in [0.4, 0.5) is 0 Å². The Labute approximate surface area is 272 Å². The monoisotopic (exact) mass is 673 g/mol. The van der Waals surface area contributed by atoms with Crippen molar-refractivity contribution >= 4 is 74.3 Å². The van der Waals surface area contributed by atoms with Gasteiger partial charge in [-0.05, 0) is 112 Å². The number of nitrogens with one attached hydrogen (secondary N) is 2. The molecule has 3 aromatic heterocycles. The van der Waals surface area contributed by atoms with Gasteiger partial charge in [0, 0.05) is 64.0 Å². The maximum atomic E-state index is 11.6. The number of carboxylic acids is 2. The molecule has 2 unspecified atom stereocenters. The molecule has 0 saturated carbocycles. The Bertz CT molecular complexity index is 1930. The molecule has 2 aliphatic rings. The first-order valence-electron chi connectivity index (χ1n) is 14.7. The molecule has 0 fully saturated rings. The fraction of sp³-hybridized carbons (Fsp3) is 0.353. The van der Waals surface area contributed by atoms with Gasteiger partial charge in [0.25, 0.3) is 0 Å². The summed E-state index contributed by atoms with van der Waals surface area (Å²) in [6.07, 6.45) is -1.18. The number of aliphatic hydroxyl groups is 2. The van der Waals surface area contributed by atoms with Crippen molar-refractivity contribution in [2.24, 2.45) is 0 Å². The van der Waals surface area contributed by atoms with E-state index < -0.39 is 24.1 Å². The molecule has 5 rings (SSSR count). The number of fused-ring (bicyclic) bond motifs is 8. The van der Waals surface area contributed by atoms with Gasteiger partial charge in [-0.1, -0.05) is 0 Å². The number of hydrogen-bond donors (Lipinski definition) is 6. The Morgan fingerprint density at radius 1 is 0.644 bits per heavy atom. The molecule has 8 bridgehead atoms. The Morgan fingerprint density at radius 3 is 1.42 bits per heavy atom. The van der Waals surface area contributed by atoms with Crippen LogP contribution in [0.2, 0.25) is 0 Å². The van der Waals surface area contributed by atoms with Crippen LogP contribution in [0.15, 0.2) is 24.3 Å². The molecular formula is C34H38AsN4O6. The third-order valence-corrected chi connectivity index (χ3v) is 8.65. The molecule has 6 N–H and O–H groups in total. The summed E-state index contributed by atoms with van der Waals surface area (Å²) in [6, 6.07) is 7.51. The summed E-state index contributed by atoms with van der Waals surface area (Å²) in [4.78, 5) is 39.8. The minimum Gasteiger partial charge on any atom is -0.481 e. The molecule has 0 amide bonds. The van der Waals surface area contributed by atoms with E-state index in [-0.39, 0.29) is 43.6 Å². The predicted octanol–water partition coefficient (Wildman–Crippen LogP) is 6.25. The van der Waals surface area contributed by atoms with Crippen molar-refractivity contribution in [3.8, 4) is 0 Å². The molecule has 0 saturated heterocycles. The van der Waals surface area contributed by atoms with Gasteiger partial charge in [0.1, 0.15) is 0 Å². The third-order valence-electron chi connectivity index (χ3n) is 8.65. The van der Waals surface area contributed by atoms with Gasteiger partial charge in [0.15, 0.2) is 0 Å². The van der Waals surface area contributed by atoms with E-state index in [9.17, 15) is 30.0 Å². The van der Waals surface area contributed by atoms with Crippen LogP contribution in [-0.2, 0) is 9.59 Å². The Kier molecular flexibility index (Phi) is 9.92. The van der Waals surface area contributed by atoms with Gasteiger partial charge in [-0.25, -0.2) is 9.97 Å². The van der Waals surface area contributed by atoms with Crippen LogP contribution in [-0.4, -0.2) is 70.3 Å². The van der Waals surface area contributed by atoms with Crippen LogP contribution < -0.4 is 0 Å². The van der Waals surface area contributed by atoms with Gasteiger partial charge in [0.05, 0.1) is 35.0 Å². The van der Waals surface area contributed by atoms with Crippen molar-refractivity contribution in [3.05, 3.63) is 69.3 Å². The van der Waals surface area contributed by atoms with E-state index in [4.69, 9.17) is 9.97 Å². The average molecular weight is 674 g/mol. The number of rotatable bonds is 8. The predicted molar refractivity (Wildman–Crippen MR) is 176 cm³/mol. The molecule has 2 atom stereocenters. The second-order valence-corrected chi connectivity index (χ2v) is 11.7. The molecule has 235 valence electrons. The Hall–Kier alpha value is -3.98. The number of aromatic amines is 2. The van der Waals surface area contributed by atoms with Gasteiger partial charge in [-0.3, -0.25) is 9.59 Å². The molecule has 45 heavy (non-hydrogen) atoms. The Balaban J connectivity index is 0.00000461. The summed E-state index contributed by atoms with van der Waals surface area (Å²) in [5, 5.41) is 40.5. The second-order valence-electron chi connectivity index (χ2n) is 11.7. The molecular weight excluding hydrogens is 635 g/mol. The van der Waals surface area contributed by atoms with Crippen molar-refractivity contribution in [2.75, 3.05) is 0 Å². The topological polar surface area (TPSA) is 172 Å². The maximum Gasteiger partial charge on any atom is 0.303 e. The van der Waals surface area contributed by atoms with Crippen molar-refractivity contribution in [2.45, 2.75) is 79.4 Å². The first-order chi connectivity index (χ1) is 20.8. The van der Waals surface area contributed by atoms with Crippen LogP contribution in [0.5, 0.6) is 0 Å². The smallest absolute Gasteiger partial charge is 0.303 e. The number of aromatic nitrogens is 4. The van der Waals surface area contributed by atoms with E-state index >= 15 is 0 Å². The minimum absolute atomic E-state index is 0. The molecule has 0 aromatic carbocycles.